The predicted molar refractivity (Wildman–Crippen MR) is 77.8 cm³/mol. The van der Waals surface area contributed by atoms with Crippen molar-refractivity contribution in [2.24, 2.45) is 0 Å². The fraction of sp³-hybridized carbons (Fsp3) is 0.188. The molecule has 2 aromatic rings. The summed E-state index contributed by atoms with van der Waals surface area (Å²) < 4.78 is 13.3. The number of hydrogen-bond acceptors (Lipinski definition) is 2. The molecule has 3 N–H and O–H groups in total. The van der Waals surface area contributed by atoms with Gasteiger partial charge in [0.1, 0.15) is 5.82 Å². The number of anilines is 1. The van der Waals surface area contributed by atoms with Crippen molar-refractivity contribution < 1.29 is 9.18 Å². The zero-order valence-electron chi connectivity index (χ0n) is 11.3. The molecule has 0 aliphatic carbocycles. The van der Waals surface area contributed by atoms with Gasteiger partial charge in [0, 0.05) is 12.1 Å². The molecular weight excluding hydrogens is 255 g/mol. The van der Waals surface area contributed by atoms with Gasteiger partial charge in [0.15, 0.2) is 0 Å². The summed E-state index contributed by atoms with van der Waals surface area (Å²) in [5, 5.41) is 2.75. The highest BCUT2D eigenvalue weighted by molar-refractivity contribution is 5.94. The number of rotatable bonds is 4. The van der Waals surface area contributed by atoms with E-state index >= 15 is 0 Å². The number of nitrogens with one attached hydrogen (secondary N) is 1. The first-order valence-corrected chi connectivity index (χ1v) is 6.51. The van der Waals surface area contributed by atoms with Crippen LogP contribution in [-0.4, -0.2) is 5.91 Å². The summed E-state index contributed by atoms with van der Waals surface area (Å²) in [7, 11) is 0. The normalized spacial score (nSPS) is 10.3. The van der Waals surface area contributed by atoms with Crippen LogP contribution in [0.4, 0.5) is 10.1 Å². The summed E-state index contributed by atoms with van der Waals surface area (Å²) in [6.45, 7) is 2.50. The lowest BCUT2D eigenvalue weighted by molar-refractivity contribution is 0.0950. The molecule has 0 saturated carbocycles. The van der Waals surface area contributed by atoms with Crippen LogP contribution >= 0.6 is 0 Å². The van der Waals surface area contributed by atoms with Crippen LogP contribution in [0.15, 0.2) is 42.5 Å². The van der Waals surface area contributed by atoms with Crippen LogP contribution in [0.3, 0.4) is 0 Å². The van der Waals surface area contributed by atoms with Gasteiger partial charge in [0.2, 0.25) is 0 Å². The molecule has 0 bridgehead atoms. The summed E-state index contributed by atoms with van der Waals surface area (Å²) in [5.74, 6) is -0.895. The van der Waals surface area contributed by atoms with Crippen molar-refractivity contribution in [3.8, 4) is 0 Å². The number of aryl methyl sites for hydroxylation is 1. The predicted octanol–water partition coefficient (Wildman–Crippen LogP) is 2.90. The van der Waals surface area contributed by atoms with Gasteiger partial charge in [-0.2, -0.15) is 0 Å². The minimum absolute atomic E-state index is 0.0386. The zero-order valence-corrected chi connectivity index (χ0v) is 11.3. The number of halogens is 1. The third-order valence-corrected chi connectivity index (χ3v) is 3.15. The second-order valence-electron chi connectivity index (χ2n) is 4.59. The molecule has 0 radical (unpaired) electrons. The van der Waals surface area contributed by atoms with E-state index in [0.717, 1.165) is 18.1 Å². The van der Waals surface area contributed by atoms with E-state index in [0.29, 0.717) is 6.54 Å². The lowest BCUT2D eigenvalue weighted by atomic mass is 10.1. The molecule has 0 aliphatic rings. The van der Waals surface area contributed by atoms with Gasteiger partial charge in [-0.1, -0.05) is 31.2 Å². The highest BCUT2D eigenvalue weighted by Gasteiger charge is 2.08. The van der Waals surface area contributed by atoms with Gasteiger partial charge in [-0.3, -0.25) is 4.79 Å². The number of hydrogen-bond donors (Lipinski definition) is 2. The molecule has 104 valence electrons. The summed E-state index contributed by atoms with van der Waals surface area (Å²) in [6.07, 6.45) is 0.983. The number of benzene rings is 2. The Morgan fingerprint density at radius 1 is 1.15 bits per heavy atom. The smallest absolute Gasteiger partial charge is 0.251 e. The molecule has 0 aliphatic heterocycles. The molecule has 0 heterocycles. The van der Waals surface area contributed by atoms with Gasteiger partial charge in [-0.25, -0.2) is 4.39 Å². The summed E-state index contributed by atoms with van der Waals surface area (Å²) in [4.78, 5) is 11.9. The largest absolute Gasteiger partial charge is 0.396 e. The van der Waals surface area contributed by atoms with Crippen LogP contribution < -0.4 is 11.1 Å². The van der Waals surface area contributed by atoms with E-state index in [-0.39, 0.29) is 17.2 Å². The van der Waals surface area contributed by atoms with Crippen LogP contribution in [-0.2, 0) is 13.0 Å². The molecule has 1 amide bonds. The first-order chi connectivity index (χ1) is 9.60. The third-order valence-electron chi connectivity index (χ3n) is 3.15. The first-order valence-electron chi connectivity index (χ1n) is 6.51. The van der Waals surface area contributed by atoms with Crippen LogP contribution in [0.25, 0.3) is 0 Å². The van der Waals surface area contributed by atoms with E-state index in [9.17, 15) is 9.18 Å². The van der Waals surface area contributed by atoms with E-state index in [1.54, 1.807) is 0 Å². The Morgan fingerprint density at radius 2 is 1.80 bits per heavy atom. The quantitative estimate of drug-likeness (QED) is 0.841. The van der Waals surface area contributed by atoms with E-state index in [4.69, 9.17) is 5.73 Å². The van der Waals surface area contributed by atoms with Gasteiger partial charge in [0.05, 0.1) is 5.69 Å². The summed E-state index contributed by atoms with van der Waals surface area (Å²) >= 11 is 0. The van der Waals surface area contributed by atoms with Crippen molar-refractivity contribution >= 4 is 11.6 Å². The van der Waals surface area contributed by atoms with Crippen LogP contribution in [0.5, 0.6) is 0 Å². The number of amides is 1. The third kappa shape index (κ3) is 3.35. The highest BCUT2D eigenvalue weighted by Crippen LogP contribution is 2.12. The summed E-state index contributed by atoms with van der Waals surface area (Å²) in [5.41, 5.74) is 7.94. The molecule has 2 rings (SSSR count). The van der Waals surface area contributed by atoms with Gasteiger partial charge in [-0.05, 0) is 35.7 Å². The van der Waals surface area contributed by atoms with E-state index in [2.05, 4.69) is 12.2 Å². The maximum Gasteiger partial charge on any atom is 0.251 e. The molecule has 0 spiro atoms. The molecular formula is C16H17FN2O. The van der Waals surface area contributed by atoms with Gasteiger partial charge < -0.3 is 11.1 Å². The Labute approximate surface area is 117 Å². The van der Waals surface area contributed by atoms with Crippen molar-refractivity contribution in [1.82, 2.24) is 5.32 Å². The molecule has 4 heteroatoms. The van der Waals surface area contributed by atoms with Crippen molar-refractivity contribution in [3.05, 3.63) is 65.0 Å². The molecule has 0 fully saturated rings. The Morgan fingerprint density at radius 3 is 2.40 bits per heavy atom. The van der Waals surface area contributed by atoms with Crippen molar-refractivity contribution in [2.75, 3.05) is 5.73 Å². The average Bonchev–Trinajstić information content (AvgIpc) is 2.48. The SMILES string of the molecule is CCc1ccc(CNC(=O)c2ccc(N)c(F)c2)cc1. The van der Waals surface area contributed by atoms with E-state index in [1.165, 1.54) is 17.7 Å². The number of nitrogens with two attached hydrogens (primary N) is 1. The van der Waals surface area contributed by atoms with Crippen LogP contribution in [0, 0.1) is 5.82 Å². The standard InChI is InChI=1S/C16H17FN2O/c1-2-11-3-5-12(6-4-11)10-19-16(20)13-7-8-15(18)14(17)9-13/h3-9H,2,10,18H2,1H3,(H,19,20). The molecule has 20 heavy (non-hydrogen) atoms. The van der Waals surface area contributed by atoms with Gasteiger partial charge in [-0.15, -0.1) is 0 Å². The Kier molecular flexibility index (Phi) is 4.35. The number of carbonyl (C=O) groups is 1. The Hall–Kier alpha value is -2.36. The fourth-order valence-electron chi connectivity index (χ4n) is 1.85. The zero-order chi connectivity index (χ0) is 14.5. The Bertz CT molecular complexity index is 608. The molecule has 3 nitrogen and oxygen atoms in total. The first kappa shape index (κ1) is 14.1. The molecule has 0 saturated heterocycles. The Balaban J connectivity index is 1.98. The van der Waals surface area contributed by atoms with Gasteiger partial charge >= 0.3 is 0 Å². The molecule has 0 aromatic heterocycles. The lowest BCUT2D eigenvalue weighted by Crippen LogP contribution is -2.23. The minimum Gasteiger partial charge on any atom is -0.396 e. The number of carbonyl (C=O) groups excluding carboxylic acids is 1. The van der Waals surface area contributed by atoms with Crippen LogP contribution in [0.1, 0.15) is 28.4 Å². The van der Waals surface area contributed by atoms with Crippen LogP contribution in [0.2, 0.25) is 0 Å². The highest BCUT2D eigenvalue weighted by atomic mass is 19.1. The monoisotopic (exact) mass is 272 g/mol. The summed E-state index contributed by atoms with van der Waals surface area (Å²) in [6, 6.07) is 12.1. The maximum atomic E-state index is 13.3. The topological polar surface area (TPSA) is 55.1 Å². The second kappa shape index (κ2) is 6.19. The van der Waals surface area contributed by atoms with Gasteiger partial charge in [0.25, 0.3) is 5.91 Å². The molecule has 0 atom stereocenters. The molecule has 0 unspecified atom stereocenters. The van der Waals surface area contributed by atoms with Crippen molar-refractivity contribution in [1.29, 1.82) is 0 Å². The molecule has 2 aromatic carbocycles. The minimum atomic E-state index is -0.579. The lowest BCUT2D eigenvalue weighted by Gasteiger charge is -2.07. The van der Waals surface area contributed by atoms with E-state index in [1.807, 2.05) is 24.3 Å². The van der Waals surface area contributed by atoms with Crippen molar-refractivity contribution in [2.45, 2.75) is 19.9 Å². The fourth-order valence-corrected chi connectivity index (χ4v) is 1.85. The van der Waals surface area contributed by atoms with E-state index < -0.39 is 5.82 Å². The van der Waals surface area contributed by atoms with Crippen molar-refractivity contribution in [3.63, 3.8) is 0 Å². The second-order valence-corrected chi connectivity index (χ2v) is 4.59. The maximum absolute atomic E-state index is 13.3. The average molecular weight is 272 g/mol. The number of nitrogen functional groups attached to an aromatic ring is 1.